The van der Waals surface area contributed by atoms with E-state index in [0.717, 1.165) is 19.3 Å². The molecule has 0 aromatic carbocycles. The Labute approximate surface area is 126 Å². The number of Topliss-reactive ketones (excluding diaryl/α,β-unsaturated/α-hetero) is 1. The normalized spacial score (nSPS) is 32.8. The van der Waals surface area contributed by atoms with Crippen LogP contribution in [-0.4, -0.2) is 23.0 Å². The molecule has 1 N–H and O–H groups in total. The van der Waals surface area contributed by atoms with Crippen molar-refractivity contribution in [2.75, 3.05) is 0 Å². The van der Waals surface area contributed by atoms with Gasteiger partial charge in [0, 0.05) is 23.3 Å². The Morgan fingerprint density at radius 2 is 1.95 bits per heavy atom. The highest BCUT2D eigenvalue weighted by molar-refractivity contribution is 5.95. The molecule has 0 unspecified atom stereocenters. The number of carbonyl (C=O) groups excluding carboxylic acids is 2. The molecule has 118 valence electrons. The van der Waals surface area contributed by atoms with Gasteiger partial charge in [-0.2, -0.15) is 0 Å². The van der Waals surface area contributed by atoms with E-state index in [1.54, 1.807) is 0 Å². The van der Waals surface area contributed by atoms with Crippen molar-refractivity contribution in [1.29, 1.82) is 0 Å². The standard InChI is InChI=1S/C17H26O4/c1-10(18)14-12(19)9-11-13(7-6-8-17(11,14)5)21-15(20)16(2,3)4/h11,13,19H,6-9H2,1-5H3/t11-,13-,17-/m0/s1. The number of ketones is 1. The van der Waals surface area contributed by atoms with Gasteiger partial charge in [-0.25, -0.2) is 0 Å². The fraction of sp³-hybridized carbons (Fsp3) is 0.765. The third kappa shape index (κ3) is 2.72. The average Bonchev–Trinajstić information content (AvgIpc) is 2.59. The summed E-state index contributed by atoms with van der Waals surface area (Å²) in [6.07, 6.45) is 2.79. The average molecular weight is 294 g/mol. The molecule has 0 spiro atoms. The molecule has 0 aliphatic heterocycles. The zero-order valence-electron chi connectivity index (χ0n) is 13.7. The van der Waals surface area contributed by atoms with Crippen LogP contribution < -0.4 is 0 Å². The Bertz CT molecular complexity index is 497. The second-order valence-electron chi connectivity index (χ2n) is 7.69. The molecule has 0 aromatic heterocycles. The van der Waals surface area contributed by atoms with Crippen LogP contribution >= 0.6 is 0 Å². The third-order valence-electron chi connectivity index (χ3n) is 4.95. The van der Waals surface area contributed by atoms with Crippen molar-refractivity contribution in [1.82, 2.24) is 0 Å². The summed E-state index contributed by atoms with van der Waals surface area (Å²) in [6, 6.07) is 0. The number of carbonyl (C=O) groups is 2. The number of hydrogen-bond acceptors (Lipinski definition) is 4. The Morgan fingerprint density at radius 1 is 1.33 bits per heavy atom. The lowest BCUT2D eigenvalue weighted by Crippen LogP contribution is -2.43. The number of rotatable bonds is 2. The monoisotopic (exact) mass is 294 g/mol. The molecule has 0 bridgehead atoms. The Kier molecular flexibility index (Phi) is 3.94. The molecule has 2 aliphatic carbocycles. The Balaban J connectivity index is 2.24. The summed E-state index contributed by atoms with van der Waals surface area (Å²) in [5.74, 6) is -0.0852. The molecule has 0 heterocycles. The van der Waals surface area contributed by atoms with Gasteiger partial charge in [0.15, 0.2) is 5.78 Å². The van der Waals surface area contributed by atoms with Gasteiger partial charge in [-0.3, -0.25) is 9.59 Å². The maximum absolute atomic E-state index is 12.2. The summed E-state index contributed by atoms with van der Waals surface area (Å²) in [6.45, 7) is 9.03. The van der Waals surface area contributed by atoms with E-state index in [4.69, 9.17) is 4.74 Å². The zero-order valence-corrected chi connectivity index (χ0v) is 13.7. The number of allylic oxidation sites excluding steroid dienone is 2. The van der Waals surface area contributed by atoms with Crippen molar-refractivity contribution >= 4 is 11.8 Å². The van der Waals surface area contributed by atoms with Crippen molar-refractivity contribution in [3.8, 4) is 0 Å². The van der Waals surface area contributed by atoms with Gasteiger partial charge in [0.25, 0.3) is 0 Å². The highest BCUT2D eigenvalue weighted by atomic mass is 16.5. The molecule has 4 nitrogen and oxygen atoms in total. The second kappa shape index (κ2) is 5.15. The largest absolute Gasteiger partial charge is 0.512 e. The van der Waals surface area contributed by atoms with Crippen LogP contribution in [0, 0.1) is 16.7 Å². The smallest absolute Gasteiger partial charge is 0.311 e. The maximum atomic E-state index is 12.2. The molecule has 21 heavy (non-hydrogen) atoms. The van der Waals surface area contributed by atoms with E-state index in [-0.39, 0.29) is 34.9 Å². The third-order valence-corrected chi connectivity index (χ3v) is 4.95. The maximum Gasteiger partial charge on any atom is 0.311 e. The van der Waals surface area contributed by atoms with Crippen molar-refractivity contribution < 1.29 is 19.4 Å². The zero-order chi connectivity index (χ0) is 16.0. The Hall–Kier alpha value is -1.32. The van der Waals surface area contributed by atoms with Crippen LogP contribution in [0.15, 0.2) is 11.3 Å². The van der Waals surface area contributed by atoms with Crippen LogP contribution in [0.2, 0.25) is 0 Å². The molecule has 0 saturated heterocycles. The molecule has 0 aromatic rings. The first kappa shape index (κ1) is 16.1. The number of aliphatic hydroxyl groups excluding tert-OH is 1. The SMILES string of the molecule is CC(=O)C1=C(O)C[C@H]2[C@@H](OC(=O)C(C)(C)C)CCC[C@]12C. The van der Waals surface area contributed by atoms with Gasteiger partial charge >= 0.3 is 5.97 Å². The minimum Gasteiger partial charge on any atom is -0.512 e. The highest BCUT2D eigenvalue weighted by Gasteiger charge is 2.53. The molecule has 4 heteroatoms. The van der Waals surface area contributed by atoms with E-state index in [2.05, 4.69) is 0 Å². The van der Waals surface area contributed by atoms with Crippen molar-refractivity contribution in [2.45, 2.75) is 66.4 Å². The summed E-state index contributed by atoms with van der Waals surface area (Å²) in [7, 11) is 0. The number of aliphatic hydroxyl groups is 1. The quantitative estimate of drug-likeness (QED) is 0.791. The predicted octanol–water partition coefficient (Wildman–Crippen LogP) is 3.56. The molecule has 0 radical (unpaired) electrons. The summed E-state index contributed by atoms with van der Waals surface area (Å²) in [5.41, 5.74) is -0.355. The fourth-order valence-electron chi connectivity index (χ4n) is 3.84. The van der Waals surface area contributed by atoms with E-state index in [1.807, 2.05) is 27.7 Å². The summed E-state index contributed by atoms with van der Waals surface area (Å²) in [4.78, 5) is 24.0. The lowest BCUT2D eigenvalue weighted by atomic mass is 9.64. The molecule has 0 amide bonds. The number of hydrogen-bond donors (Lipinski definition) is 1. The van der Waals surface area contributed by atoms with Crippen molar-refractivity contribution in [3.63, 3.8) is 0 Å². The first-order chi connectivity index (χ1) is 9.57. The molecule has 2 aliphatic rings. The van der Waals surface area contributed by atoms with Gasteiger partial charge in [0.1, 0.15) is 6.10 Å². The first-order valence-corrected chi connectivity index (χ1v) is 7.72. The second-order valence-corrected chi connectivity index (χ2v) is 7.69. The van der Waals surface area contributed by atoms with Crippen molar-refractivity contribution in [2.24, 2.45) is 16.7 Å². The number of fused-ring (bicyclic) bond motifs is 1. The highest BCUT2D eigenvalue weighted by Crippen LogP contribution is 2.55. The van der Waals surface area contributed by atoms with E-state index in [9.17, 15) is 14.7 Å². The minimum absolute atomic E-state index is 0.0106. The van der Waals surface area contributed by atoms with Crippen LogP contribution in [0.3, 0.4) is 0 Å². The fourth-order valence-corrected chi connectivity index (χ4v) is 3.84. The number of ether oxygens (including phenoxy) is 1. The van der Waals surface area contributed by atoms with E-state index < -0.39 is 5.41 Å². The van der Waals surface area contributed by atoms with Crippen LogP contribution in [0.4, 0.5) is 0 Å². The predicted molar refractivity (Wildman–Crippen MR) is 79.7 cm³/mol. The number of esters is 1. The molecule has 2 rings (SSSR count). The van der Waals surface area contributed by atoms with E-state index in [1.165, 1.54) is 6.92 Å². The van der Waals surface area contributed by atoms with Crippen molar-refractivity contribution in [3.05, 3.63) is 11.3 Å². The van der Waals surface area contributed by atoms with E-state index in [0.29, 0.717) is 12.0 Å². The summed E-state index contributed by atoms with van der Waals surface area (Å²) >= 11 is 0. The van der Waals surface area contributed by atoms with Gasteiger partial charge in [-0.15, -0.1) is 0 Å². The van der Waals surface area contributed by atoms with Gasteiger partial charge in [-0.05, 0) is 47.0 Å². The molecular weight excluding hydrogens is 268 g/mol. The van der Waals surface area contributed by atoms with Gasteiger partial charge < -0.3 is 9.84 Å². The van der Waals surface area contributed by atoms with Gasteiger partial charge in [0.2, 0.25) is 0 Å². The molecule has 1 fully saturated rings. The molecule has 1 saturated carbocycles. The lowest BCUT2D eigenvalue weighted by molar-refractivity contribution is -0.166. The van der Waals surface area contributed by atoms with E-state index >= 15 is 0 Å². The van der Waals surface area contributed by atoms with Gasteiger partial charge in [-0.1, -0.05) is 6.92 Å². The Morgan fingerprint density at radius 3 is 2.48 bits per heavy atom. The minimum atomic E-state index is -0.536. The van der Waals surface area contributed by atoms with Crippen LogP contribution in [0.25, 0.3) is 0 Å². The van der Waals surface area contributed by atoms with Crippen LogP contribution in [0.1, 0.15) is 60.3 Å². The van der Waals surface area contributed by atoms with Crippen LogP contribution in [-0.2, 0) is 14.3 Å². The molecule has 3 atom stereocenters. The lowest BCUT2D eigenvalue weighted by Gasteiger charge is -2.42. The molecular formula is C17H26O4. The summed E-state index contributed by atoms with van der Waals surface area (Å²) < 4.78 is 5.72. The first-order valence-electron chi connectivity index (χ1n) is 7.72. The summed E-state index contributed by atoms with van der Waals surface area (Å²) in [5, 5.41) is 10.2. The topological polar surface area (TPSA) is 63.6 Å². The van der Waals surface area contributed by atoms with Crippen LogP contribution in [0.5, 0.6) is 0 Å². The van der Waals surface area contributed by atoms with Gasteiger partial charge in [0.05, 0.1) is 11.2 Å².